The Kier molecular flexibility index (Phi) is 3.11. The molecule has 0 aliphatic carbocycles. The number of fused-ring (bicyclic) bond motifs is 1. The van der Waals surface area contributed by atoms with E-state index < -0.39 is 0 Å². The van der Waals surface area contributed by atoms with Gasteiger partial charge < -0.3 is 10.1 Å². The molecular formula is C16H16FNO. The molecule has 2 nitrogen and oxygen atoms in total. The Hall–Kier alpha value is -2.03. The summed E-state index contributed by atoms with van der Waals surface area (Å²) in [4.78, 5) is 0. The van der Waals surface area contributed by atoms with Crippen LogP contribution in [0.4, 0.5) is 10.1 Å². The minimum absolute atomic E-state index is 0.214. The predicted molar refractivity (Wildman–Crippen MR) is 74.0 cm³/mol. The molecule has 1 heterocycles. The molecule has 2 aromatic rings. The smallest absolute Gasteiger partial charge is 0.123 e. The summed E-state index contributed by atoms with van der Waals surface area (Å²) in [7, 11) is 0. The van der Waals surface area contributed by atoms with Crippen molar-refractivity contribution < 1.29 is 9.13 Å². The van der Waals surface area contributed by atoms with E-state index in [0.29, 0.717) is 0 Å². The number of benzene rings is 2. The summed E-state index contributed by atoms with van der Waals surface area (Å²) < 4.78 is 18.5. The first-order chi connectivity index (χ1) is 9.20. The Morgan fingerprint density at radius 3 is 2.79 bits per heavy atom. The number of hydrogen-bond acceptors (Lipinski definition) is 2. The molecule has 0 saturated carbocycles. The standard InChI is InChI=1S/C16H16FNO/c1-11-8-13-9-12(2-7-16(13)19-11)10-18-15-5-3-14(17)4-6-15/h2-7,9,11,18H,8,10H2,1H3/t11-/m0/s1. The van der Waals surface area contributed by atoms with E-state index in [1.165, 1.54) is 23.3 Å². The molecule has 0 amide bonds. The second kappa shape index (κ2) is 4.92. The zero-order valence-corrected chi connectivity index (χ0v) is 10.8. The lowest BCUT2D eigenvalue weighted by atomic mass is 10.1. The average molecular weight is 257 g/mol. The van der Waals surface area contributed by atoms with Gasteiger partial charge in [0, 0.05) is 18.7 Å². The summed E-state index contributed by atoms with van der Waals surface area (Å²) in [5.74, 6) is 0.784. The van der Waals surface area contributed by atoms with Gasteiger partial charge >= 0.3 is 0 Å². The Labute approximate surface area is 112 Å². The van der Waals surface area contributed by atoms with Gasteiger partial charge in [-0.25, -0.2) is 4.39 Å². The Morgan fingerprint density at radius 1 is 1.21 bits per heavy atom. The number of rotatable bonds is 3. The van der Waals surface area contributed by atoms with Gasteiger partial charge in [-0.2, -0.15) is 0 Å². The summed E-state index contributed by atoms with van der Waals surface area (Å²) in [5.41, 5.74) is 3.40. The SMILES string of the molecule is C[C@H]1Cc2cc(CNc3ccc(F)cc3)ccc2O1. The highest BCUT2D eigenvalue weighted by atomic mass is 19.1. The van der Waals surface area contributed by atoms with Crippen LogP contribution in [-0.4, -0.2) is 6.10 Å². The minimum Gasteiger partial charge on any atom is -0.490 e. The van der Waals surface area contributed by atoms with Crippen molar-refractivity contribution in [2.45, 2.75) is 26.0 Å². The largest absolute Gasteiger partial charge is 0.490 e. The van der Waals surface area contributed by atoms with Crippen molar-refractivity contribution in [1.82, 2.24) is 0 Å². The third-order valence-electron chi connectivity index (χ3n) is 3.30. The zero-order valence-electron chi connectivity index (χ0n) is 10.8. The summed E-state index contributed by atoms with van der Waals surface area (Å²) in [6.07, 6.45) is 1.25. The lowest BCUT2D eigenvalue weighted by Gasteiger charge is -2.07. The van der Waals surface area contributed by atoms with Crippen LogP contribution in [0.1, 0.15) is 18.1 Å². The first-order valence-electron chi connectivity index (χ1n) is 6.48. The van der Waals surface area contributed by atoms with Crippen LogP contribution < -0.4 is 10.1 Å². The third-order valence-corrected chi connectivity index (χ3v) is 3.30. The van der Waals surface area contributed by atoms with Gasteiger partial charge in [-0.1, -0.05) is 12.1 Å². The summed E-state index contributed by atoms with van der Waals surface area (Å²) >= 11 is 0. The van der Waals surface area contributed by atoms with Gasteiger partial charge in [0.2, 0.25) is 0 Å². The van der Waals surface area contributed by atoms with E-state index in [2.05, 4.69) is 24.4 Å². The molecule has 2 aromatic carbocycles. The van der Waals surface area contributed by atoms with E-state index in [4.69, 9.17) is 4.74 Å². The highest BCUT2D eigenvalue weighted by molar-refractivity contribution is 5.45. The van der Waals surface area contributed by atoms with Crippen molar-refractivity contribution in [2.24, 2.45) is 0 Å². The van der Waals surface area contributed by atoms with Crippen molar-refractivity contribution in [1.29, 1.82) is 0 Å². The molecule has 0 unspecified atom stereocenters. The van der Waals surface area contributed by atoms with Gasteiger partial charge in [-0.05, 0) is 48.4 Å². The van der Waals surface area contributed by atoms with E-state index in [9.17, 15) is 4.39 Å². The molecule has 0 bridgehead atoms. The number of hydrogen-bond donors (Lipinski definition) is 1. The van der Waals surface area contributed by atoms with Gasteiger partial charge in [-0.3, -0.25) is 0 Å². The fourth-order valence-electron chi connectivity index (χ4n) is 2.36. The van der Waals surface area contributed by atoms with Crippen LogP contribution in [0.15, 0.2) is 42.5 Å². The third kappa shape index (κ3) is 2.70. The lowest BCUT2D eigenvalue weighted by molar-refractivity contribution is 0.254. The molecule has 3 heteroatoms. The summed E-state index contributed by atoms with van der Waals surface area (Å²) in [6, 6.07) is 12.7. The molecule has 1 N–H and O–H groups in total. The number of nitrogens with one attached hydrogen (secondary N) is 1. The quantitative estimate of drug-likeness (QED) is 0.904. The number of anilines is 1. The molecule has 1 aliphatic rings. The molecule has 0 saturated heterocycles. The first kappa shape index (κ1) is 12.0. The molecule has 1 atom stereocenters. The Morgan fingerprint density at radius 2 is 2.00 bits per heavy atom. The maximum absolute atomic E-state index is 12.8. The predicted octanol–water partition coefficient (Wildman–Crippen LogP) is 3.76. The average Bonchev–Trinajstić information content (AvgIpc) is 2.77. The van der Waals surface area contributed by atoms with Crippen LogP contribution in [0.25, 0.3) is 0 Å². The molecule has 19 heavy (non-hydrogen) atoms. The van der Waals surface area contributed by atoms with Crippen LogP contribution >= 0.6 is 0 Å². The topological polar surface area (TPSA) is 21.3 Å². The lowest BCUT2D eigenvalue weighted by Crippen LogP contribution is -2.05. The zero-order chi connectivity index (χ0) is 13.2. The molecule has 3 rings (SSSR count). The normalized spacial score (nSPS) is 16.8. The van der Waals surface area contributed by atoms with E-state index in [0.717, 1.165) is 24.4 Å². The van der Waals surface area contributed by atoms with Crippen LogP contribution in [0.3, 0.4) is 0 Å². The molecule has 1 aliphatic heterocycles. The Balaban J connectivity index is 1.68. The molecule has 98 valence electrons. The van der Waals surface area contributed by atoms with Crippen LogP contribution in [-0.2, 0) is 13.0 Å². The summed E-state index contributed by atoms with van der Waals surface area (Å²) in [5, 5.41) is 3.28. The summed E-state index contributed by atoms with van der Waals surface area (Å²) in [6.45, 7) is 2.81. The molecule has 0 fully saturated rings. The fraction of sp³-hybridized carbons (Fsp3) is 0.250. The van der Waals surface area contributed by atoms with Crippen molar-refractivity contribution >= 4 is 5.69 Å². The second-order valence-corrected chi connectivity index (χ2v) is 4.94. The van der Waals surface area contributed by atoms with Crippen molar-refractivity contribution in [2.75, 3.05) is 5.32 Å². The fourth-order valence-corrected chi connectivity index (χ4v) is 2.36. The highest BCUT2D eigenvalue weighted by Gasteiger charge is 2.18. The van der Waals surface area contributed by atoms with E-state index in [1.54, 1.807) is 12.1 Å². The van der Waals surface area contributed by atoms with Gasteiger partial charge in [0.15, 0.2) is 0 Å². The van der Waals surface area contributed by atoms with E-state index >= 15 is 0 Å². The Bertz CT molecular complexity index is 580. The van der Waals surface area contributed by atoms with Crippen LogP contribution in [0.5, 0.6) is 5.75 Å². The molecule has 0 spiro atoms. The highest BCUT2D eigenvalue weighted by Crippen LogP contribution is 2.29. The maximum Gasteiger partial charge on any atom is 0.123 e. The van der Waals surface area contributed by atoms with Gasteiger partial charge in [-0.15, -0.1) is 0 Å². The van der Waals surface area contributed by atoms with E-state index in [-0.39, 0.29) is 11.9 Å². The van der Waals surface area contributed by atoms with Crippen molar-refractivity contribution in [3.63, 3.8) is 0 Å². The van der Waals surface area contributed by atoms with Crippen molar-refractivity contribution in [3.05, 3.63) is 59.4 Å². The molecule has 0 aromatic heterocycles. The monoisotopic (exact) mass is 257 g/mol. The van der Waals surface area contributed by atoms with Gasteiger partial charge in [0.25, 0.3) is 0 Å². The minimum atomic E-state index is -0.214. The van der Waals surface area contributed by atoms with E-state index in [1.807, 2.05) is 6.07 Å². The van der Waals surface area contributed by atoms with Crippen LogP contribution in [0, 0.1) is 5.82 Å². The van der Waals surface area contributed by atoms with Gasteiger partial charge in [0.05, 0.1) is 0 Å². The number of ether oxygens (including phenoxy) is 1. The number of halogens is 1. The maximum atomic E-state index is 12.8. The second-order valence-electron chi connectivity index (χ2n) is 4.94. The van der Waals surface area contributed by atoms with Gasteiger partial charge in [0.1, 0.15) is 17.7 Å². The molecular weight excluding hydrogens is 241 g/mol. The van der Waals surface area contributed by atoms with Crippen molar-refractivity contribution in [3.8, 4) is 5.75 Å². The molecule has 0 radical (unpaired) electrons. The first-order valence-corrected chi connectivity index (χ1v) is 6.48. The van der Waals surface area contributed by atoms with Crippen LogP contribution in [0.2, 0.25) is 0 Å².